The molecule has 1 aromatic carbocycles. The molecule has 1 heterocycles. The van der Waals surface area contributed by atoms with Crippen molar-refractivity contribution in [1.82, 2.24) is 9.78 Å². The van der Waals surface area contributed by atoms with Crippen LogP contribution in [-0.2, 0) is 6.54 Å². The topological polar surface area (TPSA) is 34.9 Å². The number of carbonyl (C=O) groups excluding carboxylic acids is 1. The van der Waals surface area contributed by atoms with E-state index in [0.29, 0.717) is 22.8 Å². The Morgan fingerprint density at radius 2 is 2.22 bits per heavy atom. The largest absolute Gasteiger partial charge is 0.287 e. The van der Waals surface area contributed by atoms with Crippen LogP contribution in [0.25, 0.3) is 0 Å². The number of benzene rings is 1. The molecule has 2 rings (SSSR count). The monoisotopic (exact) mass is 326 g/mol. The zero-order valence-electron chi connectivity index (χ0n) is 10.1. The molecule has 0 aliphatic carbocycles. The number of halogens is 2. The minimum atomic E-state index is -0.111. The molecule has 3 nitrogen and oxygen atoms in total. The standard InChI is InChI=1S/C13H12BrClN2O/c1-3-17-12(11(15)7-16-17)13(18)9-5-4-8(2)10(14)6-9/h4-7H,3H2,1-2H3. The lowest BCUT2D eigenvalue weighted by Gasteiger charge is -2.06. The number of aryl methyl sites for hydroxylation is 2. The van der Waals surface area contributed by atoms with E-state index in [0.717, 1.165) is 10.0 Å². The number of ketones is 1. The third kappa shape index (κ3) is 2.35. The van der Waals surface area contributed by atoms with Crippen LogP contribution in [0.4, 0.5) is 0 Å². The number of hydrogen-bond donors (Lipinski definition) is 0. The van der Waals surface area contributed by atoms with E-state index in [1.165, 1.54) is 6.20 Å². The van der Waals surface area contributed by atoms with Gasteiger partial charge in [-0.3, -0.25) is 9.48 Å². The minimum absolute atomic E-state index is 0.111. The Morgan fingerprint density at radius 1 is 1.50 bits per heavy atom. The second-order valence-electron chi connectivity index (χ2n) is 3.95. The van der Waals surface area contributed by atoms with E-state index in [2.05, 4.69) is 21.0 Å². The molecule has 94 valence electrons. The van der Waals surface area contributed by atoms with Crippen molar-refractivity contribution in [2.45, 2.75) is 20.4 Å². The second kappa shape index (κ2) is 5.24. The summed E-state index contributed by atoms with van der Waals surface area (Å²) in [5.41, 5.74) is 2.13. The Bertz CT molecular complexity index is 607. The van der Waals surface area contributed by atoms with Gasteiger partial charge in [0.15, 0.2) is 0 Å². The average molecular weight is 328 g/mol. The first-order valence-corrected chi connectivity index (χ1v) is 6.73. The molecular weight excluding hydrogens is 316 g/mol. The number of hydrogen-bond acceptors (Lipinski definition) is 2. The molecule has 2 aromatic rings. The van der Waals surface area contributed by atoms with Crippen molar-refractivity contribution in [3.05, 3.63) is 50.7 Å². The summed E-state index contributed by atoms with van der Waals surface area (Å²) in [6.07, 6.45) is 1.50. The van der Waals surface area contributed by atoms with Crippen molar-refractivity contribution in [1.29, 1.82) is 0 Å². The molecule has 1 aromatic heterocycles. The van der Waals surface area contributed by atoms with Crippen LogP contribution < -0.4 is 0 Å². The molecule has 0 spiro atoms. The molecule has 18 heavy (non-hydrogen) atoms. The molecule has 0 saturated carbocycles. The molecule has 0 amide bonds. The van der Waals surface area contributed by atoms with Gasteiger partial charge in [-0.15, -0.1) is 0 Å². The maximum atomic E-state index is 12.4. The SMILES string of the molecule is CCn1ncc(Cl)c1C(=O)c1ccc(C)c(Br)c1. The van der Waals surface area contributed by atoms with E-state index >= 15 is 0 Å². The van der Waals surface area contributed by atoms with Crippen LogP contribution in [0.3, 0.4) is 0 Å². The summed E-state index contributed by atoms with van der Waals surface area (Å²) < 4.78 is 2.52. The zero-order chi connectivity index (χ0) is 13.3. The first-order valence-electron chi connectivity index (χ1n) is 5.56. The van der Waals surface area contributed by atoms with Crippen LogP contribution in [0.2, 0.25) is 5.02 Å². The van der Waals surface area contributed by atoms with Crippen molar-refractivity contribution >= 4 is 33.3 Å². The summed E-state index contributed by atoms with van der Waals surface area (Å²) in [7, 11) is 0. The predicted octanol–water partition coefficient (Wildman–Crippen LogP) is 3.86. The summed E-state index contributed by atoms with van der Waals surface area (Å²) >= 11 is 9.45. The molecule has 0 bridgehead atoms. The molecule has 0 aliphatic rings. The predicted molar refractivity (Wildman–Crippen MR) is 75.2 cm³/mol. The Kier molecular flexibility index (Phi) is 3.88. The minimum Gasteiger partial charge on any atom is -0.287 e. The van der Waals surface area contributed by atoms with Crippen LogP contribution in [0, 0.1) is 6.92 Å². The molecule has 0 fully saturated rings. The Morgan fingerprint density at radius 3 is 2.83 bits per heavy atom. The summed E-state index contributed by atoms with van der Waals surface area (Å²) in [5.74, 6) is -0.111. The molecule has 0 unspecified atom stereocenters. The van der Waals surface area contributed by atoms with Crippen molar-refractivity contribution in [2.24, 2.45) is 0 Å². The van der Waals surface area contributed by atoms with E-state index in [1.807, 2.05) is 19.9 Å². The number of rotatable bonds is 3. The normalized spacial score (nSPS) is 10.7. The van der Waals surface area contributed by atoms with Crippen LogP contribution in [0.5, 0.6) is 0 Å². The summed E-state index contributed by atoms with van der Waals surface area (Å²) in [5, 5.41) is 4.46. The quantitative estimate of drug-likeness (QED) is 0.802. The van der Waals surface area contributed by atoms with E-state index in [-0.39, 0.29) is 5.78 Å². The van der Waals surface area contributed by atoms with Crippen molar-refractivity contribution in [3.63, 3.8) is 0 Å². The Balaban J connectivity index is 2.47. The van der Waals surface area contributed by atoms with Gasteiger partial charge in [0, 0.05) is 16.6 Å². The van der Waals surface area contributed by atoms with Gasteiger partial charge >= 0.3 is 0 Å². The van der Waals surface area contributed by atoms with Crippen molar-refractivity contribution in [2.75, 3.05) is 0 Å². The summed E-state index contributed by atoms with van der Waals surface area (Å²) in [6.45, 7) is 4.51. The van der Waals surface area contributed by atoms with Gasteiger partial charge in [-0.2, -0.15) is 5.10 Å². The lowest BCUT2D eigenvalue weighted by Crippen LogP contribution is -2.11. The van der Waals surface area contributed by atoms with Gasteiger partial charge in [-0.1, -0.05) is 39.7 Å². The highest BCUT2D eigenvalue weighted by Gasteiger charge is 2.18. The van der Waals surface area contributed by atoms with Gasteiger partial charge in [0.05, 0.1) is 11.2 Å². The highest BCUT2D eigenvalue weighted by atomic mass is 79.9. The number of aromatic nitrogens is 2. The Labute approximate surface area is 119 Å². The fourth-order valence-electron chi connectivity index (χ4n) is 1.70. The average Bonchev–Trinajstić information content (AvgIpc) is 2.73. The third-order valence-corrected chi connectivity index (χ3v) is 3.87. The van der Waals surface area contributed by atoms with E-state index in [9.17, 15) is 4.79 Å². The lowest BCUT2D eigenvalue weighted by molar-refractivity contribution is 0.102. The van der Waals surface area contributed by atoms with Crippen LogP contribution >= 0.6 is 27.5 Å². The first kappa shape index (κ1) is 13.3. The highest BCUT2D eigenvalue weighted by molar-refractivity contribution is 9.10. The molecule has 0 radical (unpaired) electrons. The van der Waals surface area contributed by atoms with Crippen LogP contribution in [0.15, 0.2) is 28.9 Å². The zero-order valence-corrected chi connectivity index (χ0v) is 12.4. The maximum Gasteiger partial charge on any atom is 0.212 e. The fraction of sp³-hybridized carbons (Fsp3) is 0.231. The van der Waals surface area contributed by atoms with Gasteiger partial charge in [-0.25, -0.2) is 0 Å². The number of nitrogens with zero attached hydrogens (tertiary/aromatic N) is 2. The molecule has 0 saturated heterocycles. The third-order valence-electron chi connectivity index (χ3n) is 2.74. The van der Waals surface area contributed by atoms with E-state index in [1.54, 1.807) is 16.8 Å². The second-order valence-corrected chi connectivity index (χ2v) is 5.21. The fourth-order valence-corrected chi connectivity index (χ4v) is 2.30. The van der Waals surface area contributed by atoms with Gasteiger partial charge in [-0.05, 0) is 25.5 Å². The van der Waals surface area contributed by atoms with E-state index < -0.39 is 0 Å². The van der Waals surface area contributed by atoms with Crippen molar-refractivity contribution in [3.8, 4) is 0 Å². The molecule has 0 aliphatic heterocycles. The molecule has 0 N–H and O–H groups in total. The lowest BCUT2D eigenvalue weighted by atomic mass is 10.1. The number of carbonyl (C=O) groups is 1. The summed E-state index contributed by atoms with van der Waals surface area (Å²) in [4.78, 5) is 12.4. The highest BCUT2D eigenvalue weighted by Crippen LogP contribution is 2.23. The van der Waals surface area contributed by atoms with Crippen molar-refractivity contribution < 1.29 is 4.79 Å². The van der Waals surface area contributed by atoms with E-state index in [4.69, 9.17) is 11.6 Å². The first-order chi connectivity index (χ1) is 8.54. The van der Waals surface area contributed by atoms with Crippen LogP contribution in [-0.4, -0.2) is 15.6 Å². The maximum absolute atomic E-state index is 12.4. The smallest absolute Gasteiger partial charge is 0.212 e. The van der Waals surface area contributed by atoms with Gasteiger partial charge < -0.3 is 0 Å². The van der Waals surface area contributed by atoms with Gasteiger partial charge in [0.1, 0.15) is 5.69 Å². The van der Waals surface area contributed by atoms with Crippen LogP contribution in [0.1, 0.15) is 28.5 Å². The Hall–Kier alpha value is -1.13. The molecule has 5 heteroatoms. The molecule has 0 atom stereocenters. The van der Waals surface area contributed by atoms with Gasteiger partial charge in [0.2, 0.25) is 5.78 Å². The van der Waals surface area contributed by atoms with Gasteiger partial charge in [0.25, 0.3) is 0 Å². The summed E-state index contributed by atoms with van der Waals surface area (Å²) in [6, 6.07) is 5.50. The molecular formula is C13H12BrClN2O.